The first-order valence-electron chi connectivity index (χ1n) is 12.1. The second-order valence-electron chi connectivity index (χ2n) is 9.62. The Kier molecular flexibility index (Phi) is 5.58. The van der Waals surface area contributed by atoms with Gasteiger partial charge in [-0.2, -0.15) is 0 Å². The van der Waals surface area contributed by atoms with Gasteiger partial charge in [-0.25, -0.2) is 9.37 Å². The van der Waals surface area contributed by atoms with Gasteiger partial charge in [-0.1, -0.05) is 18.9 Å². The van der Waals surface area contributed by atoms with Gasteiger partial charge < -0.3 is 19.5 Å². The third-order valence-electron chi connectivity index (χ3n) is 7.47. The van der Waals surface area contributed by atoms with E-state index in [9.17, 15) is 5.11 Å². The largest absolute Gasteiger partial charge is 0.507 e. The van der Waals surface area contributed by atoms with Crippen molar-refractivity contribution >= 4 is 5.82 Å². The molecule has 0 amide bonds. The van der Waals surface area contributed by atoms with Crippen molar-refractivity contribution < 1.29 is 19.0 Å². The molecule has 10 heteroatoms. The van der Waals surface area contributed by atoms with Crippen LogP contribution >= 0.6 is 0 Å². The zero-order valence-electron chi connectivity index (χ0n) is 19.5. The van der Waals surface area contributed by atoms with Gasteiger partial charge in [0, 0.05) is 18.7 Å². The maximum atomic E-state index is 15.2. The number of nitrogens with zero attached hydrogens (tertiary/aromatic N) is 6. The Bertz CT molecular complexity index is 1230. The maximum absolute atomic E-state index is 15.2. The number of fused-ring (bicyclic) bond motifs is 3. The van der Waals surface area contributed by atoms with Crippen LogP contribution in [0.5, 0.6) is 17.4 Å². The molecule has 2 saturated carbocycles. The van der Waals surface area contributed by atoms with Crippen LogP contribution in [0.15, 0.2) is 30.5 Å². The van der Waals surface area contributed by atoms with Crippen LogP contribution < -0.4 is 14.4 Å². The van der Waals surface area contributed by atoms with Crippen molar-refractivity contribution in [3.05, 3.63) is 30.5 Å². The second kappa shape index (κ2) is 8.90. The lowest BCUT2D eigenvalue weighted by Crippen LogP contribution is -2.49. The molecule has 2 aromatic heterocycles. The van der Waals surface area contributed by atoms with E-state index in [1.54, 1.807) is 30.5 Å². The lowest BCUT2D eigenvalue weighted by molar-refractivity contribution is 0.0656. The molecule has 0 saturated heterocycles. The van der Waals surface area contributed by atoms with Crippen molar-refractivity contribution in [2.24, 2.45) is 11.8 Å². The summed E-state index contributed by atoms with van der Waals surface area (Å²) in [7, 11) is 1.87. The van der Waals surface area contributed by atoms with Gasteiger partial charge in [0.25, 0.3) is 5.88 Å². The van der Waals surface area contributed by atoms with E-state index in [-0.39, 0.29) is 23.5 Å². The predicted molar refractivity (Wildman–Crippen MR) is 126 cm³/mol. The highest BCUT2D eigenvalue weighted by Gasteiger charge is 2.42. The Labute approximate surface area is 202 Å². The summed E-state index contributed by atoms with van der Waals surface area (Å²) in [6.45, 7) is 0.890. The van der Waals surface area contributed by atoms with Crippen LogP contribution in [0.3, 0.4) is 0 Å². The van der Waals surface area contributed by atoms with Crippen LogP contribution in [-0.4, -0.2) is 63.0 Å². The van der Waals surface area contributed by atoms with Gasteiger partial charge in [0.1, 0.15) is 25.1 Å². The first kappa shape index (κ1) is 21.9. The minimum absolute atomic E-state index is 0.00831. The van der Waals surface area contributed by atoms with E-state index in [4.69, 9.17) is 9.47 Å². The van der Waals surface area contributed by atoms with Crippen molar-refractivity contribution in [1.29, 1.82) is 0 Å². The molecule has 2 fully saturated rings. The first-order valence-corrected chi connectivity index (χ1v) is 12.1. The molecule has 0 radical (unpaired) electrons. The van der Waals surface area contributed by atoms with Crippen molar-refractivity contribution in [3.63, 3.8) is 0 Å². The lowest BCUT2D eigenvalue weighted by Gasteiger charge is -2.45. The molecule has 3 aliphatic rings. The number of hydrogen-bond acceptors (Lipinski definition) is 9. The molecule has 2 aliphatic carbocycles. The van der Waals surface area contributed by atoms with Crippen LogP contribution in [-0.2, 0) is 0 Å². The molecular formula is C25H27FN6O3. The van der Waals surface area contributed by atoms with Crippen LogP contribution in [0.4, 0.5) is 10.2 Å². The van der Waals surface area contributed by atoms with Crippen LogP contribution in [0.2, 0.25) is 0 Å². The highest BCUT2D eigenvalue weighted by molar-refractivity contribution is 5.72. The number of phenolic OH excluding ortho intramolecular Hbond substituents is 1. The van der Waals surface area contributed by atoms with E-state index < -0.39 is 6.17 Å². The summed E-state index contributed by atoms with van der Waals surface area (Å²) in [6, 6.07) is 6.61. The minimum Gasteiger partial charge on any atom is -0.507 e. The molecule has 1 aromatic carbocycles. The Morgan fingerprint density at radius 1 is 1.03 bits per heavy atom. The van der Waals surface area contributed by atoms with Gasteiger partial charge in [-0.05, 0) is 43.2 Å². The van der Waals surface area contributed by atoms with Gasteiger partial charge in [0.05, 0.1) is 23.5 Å². The number of hydrogen-bond donors (Lipinski definition) is 1. The van der Waals surface area contributed by atoms with Crippen LogP contribution in [0.25, 0.3) is 22.6 Å². The number of halogens is 1. The summed E-state index contributed by atoms with van der Waals surface area (Å²) in [5.41, 5.74) is 1.65. The Morgan fingerprint density at radius 3 is 2.74 bits per heavy atom. The smallest absolute Gasteiger partial charge is 0.276 e. The topological polar surface area (TPSA) is 106 Å². The number of aromatic hydroxyl groups is 1. The summed E-state index contributed by atoms with van der Waals surface area (Å²) >= 11 is 0. The summed E-state index contributed by atoms with van der Waals surface area (Å²) in [6.07, 6.45) is 5.86. The van der Waals surface area contributed by atoms with Crippen LogP contribution in [0, 0.1) is 11.8 Å². The molecule has 4 atom stereocenters. The Morgan fingerprint density at radius 2 is 1.91 bits per heavy atom. The third kappa shape index (κ3) is 4.11. The number of alkyl halides is 1. The summed E-state index contributed by atoms with van der Waals surface area (Å²) in [5.74, 6) is 2.43. The van der Waals surface area contributed by atoms with E-state index in [0.717, 1.165) is 25.7 Å². The van der Waals surface area contributed by atoms with E-state index in [1.165, 1.54) is 6.42 Å². The summed E-state index contributed by atoms with van der Waals surface area (Å²) < 4.78 is 26.1. The molecule has 3 aromatic rings. The first-order chi connectivity index (χ1) is 17.1. The number of ether oxygens (including phenoxy) is 2. The fraction of sp³-hybridized carbons (Fsp3) is 0.480. The monoisotopic (exact) mass is 478 g/mol. The Hall–Kier alpha value is -3.56. The maximum Gasteiger partial charge on any atom is 0.276 e. The fourth-order valence-electron chi connectivity index (χ4n) is 5.60. The number of rotatable bonds is 4. The second-order valence-corrected chi connectivity index (χ2v) is 9.62. The molecular weight excluding hydrogens is 451 g/mol. The van der Waals surface area contributed by atoms with Crippen molar-refractivity contribution in [2.45, 2.75) is 44.3 Å². The number of anilines is 1. The number of aromatic nitrogens is 5. The molecule has 35 heavy (non-hydrogen) atoms. The van der Waals surface area contributed by atoms with Gasteiger partial charge in [-0.3, -0.25) is 0 Å². The zero-order chi connectivity index (χ0) is 23.9. The van der Waals surface area contributed by atoms with E-state index in [2.05, 4.69) is 25.4 Å². The van der Waals surface area contributed by atoms with Crippen molar-refractivity contribution in [2.75, 3.05) is 25.2 Å². The summed E-state index contributed by atoms with van der Waals surface area (Å²) in [4.78, 5) is 6.30. The normalized spacial score (nSPS) is 25.2. The van der Waals surface area contributed by atoms with E-state index >= 15 is 4.39 Å². The minimum atomic E-state index is -0.863. The van der Waals surface area contributed by atoms with E-state index in [1.807, 2.05) is 11.9 Å². The number of benzene rings is 1. The van der Waals surface area contributed by atoms with Gasteiger partial charge in [0.2, 0.25) is 0 Å². The van der Waals surface area contributed by atoms with Crippen LogP contribution in [0.1, 0.15) is 32.1 Å². The molecule has 1 N–H and O–H groups in total. The van der Waals surface area contributed by atoms with Gasteiger partial charge in [0.15, 0.2) is 17.4 Å². The van der Waals surface area contributed by atoms with Crippen molar-refractivity contribution in [3.8, 4) is 40.0 Å². The predicted octanol–water partition coefficient (Wildman–Crippen LogP) is 3.83. The molecule has 3 heterocycles. The quantitative estimate of drug-likeness (QED) is 0.599. The zero-order valence-corrected chi connectivity index (χ0v) is 19.5. The SMILES string of the molecule is CN(c1cnc(-c2ccc(-c3cc4c(nn3)OCCO4)cc2O)nn1)[C@H]1C[C@@H]2CCC[C@@H](C2)[C@H]1F. The highest BCUT2D eigenvalue weighted by Crippen LogP contribution is 2.43. The number of phenols is 1. The fourth-order valence-corrected chi connectivity index (χ4v) is 5.60. The molecule has 0 unspecified atom stereocenters. The highest BCUT2D eigenvalue weighted by atomic mass is 19.1. The van der Waals surface area contributed by atoms with E-state index in [0.29, 0.717) is 53.4 Å². The average molecular weight is 479 g/mol. The lowest BCUT2D eigenvalue weighted by atomic mass is 9.69. The molecule has 0 spiro atoms. The average Bonchev–Trinajstić information content (AvgIpc) is 2.90. The van der Waals surface area contributed by atoms with Gasteiger partial charge in [-0.15, -0.1) is 20.4 Å². The Balaban J connectivity index is 1.21. The summed E-state index contributed by atoms with van der Waals surface area (Å²) in [5, 5.41) is 27.4. The van der Waals surface area contributed by atoms with Gasteiger partial charge >= 0.3 is 0 Å². The molecule has 1 aliphatic heterocycles. The molecule has 9 nitrogen and oxygen atoms in total. The molecule has 2 bridgehead atoms. The molecule has 6 rings (SSSR count). The van der Waals surface area contributed by atoms with Crippen molar-refractivity contribution in [1.82, 2.24) is 25.4 Å². The molecule has 182 valence electrons. The standard InChI is InChI=1S/C25H27FN6O3/c1-32(19-10-14-3-2-4-16(9-14)23(19)26)22-13-27-24(30-29-22)17-6-5-15(11-20(17)33)18-12-21-25(31-28-18)35-8-7-34-21/h5-6,11-14,16,19,23,33H,2-4,7-10H2,1H3/t14-,16+,19+,23-/m1/s1. The third-order valence-corrected chi connectivity index (χ3v) is 7.47.